The van der Waals surface area contributed by atoms with E-state index in [-0.39, 0.29) is 12.5 Å². The number of amides is 1. The summed E-state index contributed by atoms with van der Waals surface area (Å²) in [5.74, 6) is 0.657. The molecule has 2 unspecified atom stereocenters. The minimum absolute atomic E-state index is 0.0483. The molecular formula is C13H25NO2. The van der Waals surface area contributed by atoms with E-state index in [9.17, 15) is 4.79 Å². The summed E-state index contributed by atoms with van der Waals surface area (Å²) in [4.78, 5) is 11.6. The molecule has 1 saturated carbocycles. The topological polar surface area (TPSA) is 38.3 Å². The van der Waals surface area contributed by atoms with Crippen LogP contribution in [0.4, 0.5) is 0 Å². The van der Waals surface area contributed by atoms with E-state index in [4.69, 9.17) is 4.74 Å². The molecule has 94 valence electrons. The van der Waals surface area contributed by atoms with Gasteiger partial charge in [0.2, 0.25) is 5.91 Å². The van der Waals surface area contributed by atoms with Crippen molar-refractivity contribution in [1.29, 1.82) is 0 Å². The first-order chi connectivity index (χ1) is 7.74. The lowest BCUT2D eigenvalue weighted by Crippen LogP contribution is -2.40. The van der Waals surface area contributed by atoms with Crippen LogP contribution in [0.5, 0.6) is 0 Å². The molecule has 0 radical (unpaired) electrons. The van der Waals surface area contributed by atoms with Gasteiger partial charge in [-0.1, -0.05) is 33.1 Å². The number of carbonyl (C=O) groups is 1. The molecule has 16 heavy (non-hydrogen) atoms. The van der Waals surface area contributed by atoms with Gasteiger partial charge in [-0.2, -0.15) is 0 Å². The fourth-order valence-corrected chi connectivity index (χ4v) is 2.27. The smallest absolute Gasteiger partial charge is 0.246 e. The van der Waals surface area contributed by atoms with Crippen molar-refractivity contribution in [1.82, 2.24) is 5.32 Å². The Morgan fingerprint density at radius 1 is 1.31 bits per heavy atom. The Morgan fingerprint density at radius 2 is 2.06 bits per heavy atom. The maximum Gasteiger partial charge on any atom is 0.246 e. The van der Waals surface area contributed by atoms with Crippen LogP contribution in [0.3, 0.4) is 0 Å². The predicted molar refractivity (Wildman–Crippen MR) is 65.3 cm³/mol. The Morgan fingerprint density at radius 3 is 2.81 bits per heavy atom. The maximum atomic E-state index is 11.6. The first kappa shape index (κ1) is 13.5. The molecule has 2 atom stereocenters. The third-order valence-corrected chi connectivity index (χ3v) is 3.29. The summed E-state index contributed by atoms with van der Waals surface area (Å²) in [6.45, 7) is 5.18. The molecule has 0 bridgehead atoms. The van der Waals surface area contributed by atoms with Gasteiger partial charge < -0.3 is 10.1 Å². The van der Waals surface area contributed by atoms with E-state index in [0.29, 0.717) is 18.6 Å². The van der Waals surface area contributed by atoms with Crippen LogP contribution >= 0.6 is 0 Å². The van der Waals surface area contributed by atoms with Gasteiger partial charge in [0.1, 0.15) is 6.61 Å². The molecule has 1 fully saturated rings. The van der Waals surface area contributed by atoms with Crippen molar-refractivity contribution in [3.8, 4) is 0 Å². The summed E-state index contributed by atoms with van der Waals surface area (Å²) in [7, 11) is 0. The highest BCUT2D eigenvalue weighted by Gasteiger charge is 2.21. The molecule has 3 nitrogen and oxygen atoms in total. The lowest BCUT2D eigenvalue weighted by atomic mass is 9.97. The van der Waals surface area contributed by atoms with E-state index in [1.165, 1.54) is 25.7 Å². The molecule has 0 heterocycles. The molecule has 0 aliphatic heterocycles. The van der Waals surface area contributed by atoms with Crippen LogP contribution in [-0.4, -0.2) is 25.2 Å². The number of nitrogens with one attached hydrogen (secondary N) is 1. The molecule has 0 spiro atoms. The van der Waals surface area contributed by atoms with Crippen LogP contribution in [0, 0.1) is 5.92 Å². The first-order valence-electron chi connectivity index (χ1n) is 6.61. The molecular weight excluding hydrogens is 202 g/mol. The Balaban J connectivity index is 2.25. The van der Waals surface area contributed by atoms with Gasteiger partial charge in [-0.15, -0.1) is 0 Å². The van der Waals surface area contributed by atoms with E-state index in [2.05, 4.69) is 12.2 Å². The van der Waals surface area contributed by atoms with Gasteiger partial charge in [0.15, 0.2) is 0 Å². The lowest BCUT2D eigenvalue weighted by molar-refractivity contribution is -0.126. The Kier molecular flexibility index (Phi) is 6.46. The van der Waals surface area contributed by atoms with Crippen molar-refractivity contribution in [2.24, 2.45) is 5.92 Å². The van der Waals surface area contributed by atoms with Gasteiger partial charge in [-0.25, -0.2) is 0 Å². The standard InChI is InChI=1S/C13H25NO2/c1-3-9-16-10-13(15)14-12-8-6-4-5-7-11(12)2/h11-12H,3-10H2,1-2H3,(H,14,15). The number of ether oxygens (including phenoxy) is 1. The van der Waals surface area contributed by atoms with E-state index in [0.717, 1.165) is 12.8 Å². The molecule has 0 aromatic rings. The van der Waals surface area contributed by atoms with Crippen molar-refractivity contribution in [3.63, 3.8) is 0 Å². The molecule has 0 saturated heterocycles. The Bertz CT molecular complexity index is 206. The van der Waals surface area contributed by atoms with E-state index >= 15 is 0 Å². The van der Waals surface area contributed by atoms with Crippen LogP contribution in [0.2, 0.25) is 0 Å². The third-order valence-electron chi connectivity index (χ3n) is 3.29. The molecule has 0 aromatic heterocycles. The molecule has 1 aliphatic rings. The maximum absolute atomic E-state index is 11.6. The minimum Gasteiger partial charge on any atom is -0.372 e. The highest BCUT2D eigenvalue weighted by molar-refractivity contribution is 5.77. The van der Waals surface area contributed by atoms with Crippen molar-refractivity contribution < 1.29 is 9.53 Å². The van der Waals surface area contributed by atoms with Gasteiger partial charge in [0.05, 0.1) is 0 Å². The Hall–Kier alpha value is -0.570. The second-order valence-electron chi connectivity index (χ2n) is 4.84. The van der Waals surface area contributed by atoms with Crippen LogP contribution in [0.15, 0.2) is 0 Å². The molecule has 0 aromatic carbocycles. The molecule has 1 aliphatic carbocycles. The summed E-state index contributed by atoms with van der Waals surface area (Å²) in [5, 5.41) is 3.10. The summed E-state index contributed by atoms with van der Waals surface area (Å²) >= 11 is 0. The van der Waals surface area contributed by atoms with Gasteiger partial charge >= 0.3 is 0 Å². The Labute approximate surface area is 98.9 Å². The van der Waals surface area contributed by atoms with E-state index in [1.807, 2.05) is 6.92 Å². The van der Waals surface area contributed by atoms with Crippen molar-refractivity contribution >= 4 is 5.91 Å². The first-order valence-corrected chi connectivity index (χ1v) is 6.61. The number of carbonyl (C=O) groups excluding carboxylic acids is 1. The summed E-state index contributed by atoms with van der Waals surface area (Å²) in [6, 6.07) is 0.361. The second kappa shape index (κ2) is 7.66. The summed E-state index contributed by atoms with van der Waals surface area (Å²) in [5.41, 5.74) is 0. The van der Waals surface area contributed by atoms with Gasteiger partial charge in [-0.3, -0.25) is 4.79 Å². The number of hydrogen-bond donors (Lipinski definition) is 1. The molecule has 1 rings (SSSR count). The van der Waals surface area contributed by atoms with E-state index < -0.39 is 0 Å². The van der Waals surface area contributed by atoms with Gasteiger partial charge in [-0.05, 0) is 25.2 Å². The quantitative estimate of drug-likeness (QED) is 0.579. The average molecular weight is 227 g/mol. The SMILES string of the molecule is CCCOCC(=O)NC1CCCCCC1C. The monoisotopic (exact) mass is 227 g/mol. The van der Waals surface area contributed by atoms with Gasteiger partial charge in [0, 0.05) is 12.6 Å². The normalized spacial score (nSPS) is 26.1. The zero-order valence-corrected chi connectivity index (χ0v) is 10.6. The zero-order chi connectivity index (χ0) is 11.8. The minimum atomic E-state index is 0.0483. The summed E-state index contributed by atoms with van der Waals surface area (Å²) < 4.78 is 5.24. The highest BCUT2D eigenvalue weighted by Crippen LogP contribution is 2.22. The molecule has 1 amide bonds. The average Bonchev–Trinajstić information content (AvgIpc) is 2.45. The van der Waals surface area contributed by atoms with Crippen LogP contribution in [0.1, 0.15) is 52.4 Å². The summed E-state index contributed by atoms with van der Waals surface area (Å²) in [6.07, 6.45) is 7.18. The van der Waals surface area contributed by atoms with Crippen molar-refractivity contribution in [3.05, 3.63) is 0 Å². The number of hydrogen-bond acceptors (Lipinski definition) is 2. The fraction of sp³-hybridized carbons (Fsp3) is 0.923. The van der Waals surface area contributed by atoms with Crippen LogP contribution in [-0.2, 0) is 9.53 Å². The zero-order valence-electron chi connectivity index (χ0n) is 10.6. The number of rotatable bonds is 5. The third kappa shape index (κ3) is 4.97. The lowest BCUT2D eigenvalue weighted by Gasteiger charge is -2.22. The van der Waals surface area contributed by atoms with Crippen molar-refractivity contribution in [2.45, 2.75) is 58.4 Å². The van der Waals surface area contributed by atoms with Crippen LogP contribution in [0.25, 0.3) is 0 Å². The van der Waals surface area contributed by atoms with Gasteiger partial charge in [0.25, 0.3) is 0 Å². The fourth-order valence-electron chi connectivity index (χ4n) is 2.27. The largest absolute Gasteiger partial charge is 0.372 e. The van der Waals surface area contributed by atoms with Crippen molar-refractivity contribution in [2.75, 3.05) is 13.2 Å². The highest BCUT2D eigenvalue weighted by atomic mass is 16.5. The second-order valence-corrected chi connectivity index (χ2v) is 4.84. The molecule has 3 heteroatoms. The van der Waals surface area contributed by atoms with Crippen LogP contribution < -0.4 is 5.32 Å². The predicted octanol–water partition coefficient (Wildman–Crippen LogP) is 2.50. The van der Waals surface area contributed by atoms with E-state index in [1.54, 1.807) is 0 Å². The molecule has 1 N–H and O–H groups in total.